The van der Waals surface area contributed by atoms with Gasteiger partial charge in [-0.15, -0.1) is 0 Å². The summed E-state index contributed by atoms with van der Waals surface area (Å²) in [6.45, 7) is 0. The molecule has 0 unspecified atom stereocenters. The van der Waals surface area contributed by atoms with Gasteiger partial charge in [-0.05, 0) is 28.1 Å². The third kappa shape index (κ3) is 3.19. The molecule has 0 atom stereocenters. The molecular weight excluding hydrogens is 388 g/mol. The van der Waals surface area contributed by atoms with E-state index >= 15 is 0 Å². The van der Waals surface area contributed by atoms with Crippen molar-refractivity contribution in [1.29, 1.82) is 0 Å². The molecule has 1 N–H and O–H groups in total. The highest BCUT2D eigenvalue weighted by atomic mass is 79.9. The summed E-state index contributed by atoms with van der Waals surface area (Å²) >= 11 is 6.18. The molecule has 0 bridgehead atoms. The monoisotopic (exact) mass is 393 g/mol. The molecule has 0 saturated carbocycles. The molecule has 0 spiro atoms. The van der Waals surface area contributed by atoms with Gasteiger partial charge in [-0.2, -0.15) is 4.98 Å². The number of aromatic nitrogens is 2. The van der Waals surface area contributed by atoms with Gasteiger partial charge in [0.2, 0.25) is 11.8 Å². The van der Waals surface area contributed by atoms with Gasteiger partial charge in [0.25, 0.3) is 0 Å². The molecule has 0 aliphatic carbocycles. The zero-order chi connectivity index (χ0) is 14.0. The van der Waals surface area contributed by atoms with E-state index in [4.69, 9.17) is 4.74 Å². The molecule has 1 aromatic heterocycles. The van der Waals surface area contributed by atoms with E-state index in [1.165, 1.54) is 13.3 Å². The number of nitrogens with zero attached hydrogens (tertiary/aromatic N) is 2. The van der Waals surface area contributed by atoms with Gasteiger partial charge in [0.1, 0.15) is 5.69 Å². The predicted octanol–water partition coefficient (Wildman–Crippen LogP) is 4.03. The summed E-state index contributed by atoms with van der Waals surface area (Å²) < 4.78 is 33.1. The lowest BCUT2D eigenvalue weighted by Gasteiger charge is -2.09. The number of hydrogen-bond acceptors (Lipinski definition) is 4. The maximum absolute atomic E-state index is 13.6. The molecule has 0 radical (unpaired) electrons. The SMILES string of the molecule is COc1nc(Nc2c(F)cc(Br)cc2F)ncc1Br. The average molecular weight is 395 g/mol. The minimum absolute atomic E-state index is 0.0279. The summed E-state index contributed by atoms with van der Waals surface area (Å²) in [5.41, 5.74) is -0.326. The first-order chi connectivity index (χ1) is 9.01. The highest BCUT2D eigenvalue weighted by molar-refractivity contribution is 9.10. The molecule has 19 heavy (non-hydrogen) atoms. The third-order valence-electron chi connectivity index (χ3n) is 2.15. The van der Waals surface area contributed by atoms with E-state index in [2.05, 4.69) is 47.1 Å². The molecule has 0 aliphatic rings. The molecule has 0 fully saturated rings. The smallest absolute Gasteiger partial charge is 0.232 e. The first-order valence-electron chi connectivity index (χ1n) is 4.99. The first-order valence-corrected chi connectivity index (χ1v) is 6.58. The van der Waals surface area contributed by atoms with E-state index in [-0.39, 0.29) is 17.5 Å². The first kappa shape index (κ1) is 14.1. The normalized spacial score (nSPS) is 10.4. The Morgan fingerprint density at radius 1 is 1.21 bits per heavy atom. The molecule has 0 saturated heterocycles. The third-order valence-corrected chi connectivity index (χ3v) is 3.15. The second-order valence-corrected chi connectivity index (χ2v) is 5.19. The fraction of sp³-hybridized carbons (Fsp3) is 0.0909. The van der Waals surface area contributed by atoms with Crippen LogP contribution < -0.4 is 10.1 Å². The number of ether oxygens (including phenoxy) is 1. The molecule has 0 aliphatic heterocycles. The van der Waals surface area contributed by atoms with Crippen LogP contribution in [0.4, 0.5) is 20.4 Å². The van der Waals surface area contributed by atoms with Crippen LogP contribution in [0.15, 0.2) is 27.3 Å². The van der Waals surface area contributed by atoms with E-state index < -0.39 is 11.6 Å². The quantitative estimate of drug-likeness (QED) is 0.853. The summed E-state index contributed by atoms with van der Waals surface area (Å²) in [7, 11) is 1.43. The van der Waals surface area contributed by atoms with Crippen LogP contribution in [0.5, 0.6) is 5.88 Å². The minimum atomic E-state index is -0.752. The molecule has 8 heteroatoms. The number of methoxy groups -OCH3 is 1. The van der Waals surface area contributed by atoms with Crippen LogP contribution in [0.1, 0.15) is 0 Å². The van der Waals surface area contributed by atoms with Gasteiger partial charge < -0.3 is 10.1 Å². The van der Waals surface area contributed by atoms with Crippen molar-refractivity contribution in [2.24, 2.45) is 0 Å². The van der Waals surface area contributed by atoms with Crippen molar-refractivity contribution in [1.82, 2.24) is 9.97 Å². The Morgan fingerprint density at radius 2 is 1.84 bits per heavy atom. The van der Waals surface area contributed by atoms with Gasteiger partial charge in [-0.3, -0.25) is 0 Å². The van der Waals surface area contributed by atoms with E-state index in [0.29, 0.717) is 8.95 Å². The van der Waals surface area contributed by atoms with E-state index in [0.717, 1.165) is 12.1 Å². The van der Waals surface area contributed by atoms with Crippen molar-refractivity contribution in [3.8, 4) is 5.88 Å². The maximum atomic E-state index is 13.6. The molecule has 2 aromatic rings. The Bertz CT molecular complexity index is 602. The van der Waals surface area contributed by atoms with Crippen molar-refractivity contribution >= 4 is 43.5 Å². The van der Waals surface area contributed by atoms with E-state index in [1.807, 2.05) is 0 Å². The Morgan fingerprint density at radius 3 is 2.42 bits per heavy atom. The standard InChI is InChI=1S/C11H7Br2F2N3O/c1-19-10-6(13)4-16-11(18-10)17-9-7(14)2-5(12)3-8(9)15/h2-4H,1H3,(H,16,17,18). The van der Waals surface area contributed by atoms with Crippen LogP contribution in [-0.2, 0) is 0 Å². The maximum Gasteiger partial charge on any atom is 0.232 e. The summed E-state index contributed by atoms with van der Waals surface area (Å²) in [5, 5.41) is 2.48. The fourth-order valence-corrected chi connectivity index (χ4v) is 2.08. The minimum Gasteiger partial charge on any atom is -0.480 e. The van der Waals surface area contributed by atoms with Gasteiger partial charge in [0.05, 0.1) is 17.8 Å². The lowest BCUT2D eigenvalue weighted by Crippen LogP contribution is -2.03. The lowest BCUT2D eigenvalue weighted by molar-refractivity contribution is 0.394. The van der Waals surface area contributed by atoms with Gasteiger partial charge in [-0.25, -0.2) is 13.8 Å². The lowest BCUT2D eigenvalue weighted by atomic mass is 10.3. The summed E-state index contributed by atoms with van der Waals surface area (Å²) in [6.07, 6.45) is 1.42. The van der Waals surface area contributed by atoms with Crippen LogP contribution in [0.3, 0.4) is 0 Å². The van der Waals surface area contributed by atoms with Crippen molar-refractivity contribution in [2.75, 3.05) is 12.4 Å². The van der Waals surface area contributed by atoms with Crippen molar-refractivity contribution in [3.63, 3.8) is 0 Å². The van der Waals surface area contributed by atoms with E-state index in [1.54, 1.807) is 0 Å². The number of hydrogen-bond donors (Lipinski definition) is 1. The highest BCUT2D eigenvalue weighted by Crippen LogP contribution is 2.27. The molecule has 0 amide bonds. The average Bonchev–Trinajstić information content (AvgIpc) is 2.35. The van der Waals surface area contributed by atoms with E-state index in [9.17, 15) is 8.78 Å². The Kier molecular flexibility index (Phi) is 4.31. The molecule has 1 aromatic carbocycles. The molecule has 100 valence electrons. The summed E-state index contributed by atoms with van der Waals surface area (Å²) in [5.74, 6) is -1.22. The topological polar surface area (TPSA) is 47.0 Å². The van der Waals surface area contributed by atoms with Crippen LogP contribution in [0, 0.1) is 11.6 Å². The fourth-order valence-electron chi connectivity index (χ4n) is 1.33. The number of nitrogens with one attached hydrogen (secondary N) is 1. The van der Waals surface area contributed by atoms with Gasteiger partial charge in [0, 0.05) is 4.47 Å². The molecule has 4 nitrogen and oxygen atoms in total. The largest absolute Gasteiger partial charge is 0.480 e. The van der Waals surface area contributed by atoms with Crippen molar-refractivity contribution < 1.29 is 13.5 Å². The predicted molar refractivity (Wildman–Crippen MR) is 73.6 cm³/mol. The Labute approximate surface area is 124 Å². The number of benzene rings is 1. The number of anilines is 2. The zero-order valence-corrected chi connectivity index (χ0v) is 12.7. The van der Waals surface area contributed by atoms with Crippen LogP contribution in [0.25, 0.3) is 0 Å². The van der Waals surface area contributed by atoms with Crippen LogP contribution in [0.2, 0.25) is 0 Å². The van der Waals surface area contributed by atoms with Gasteiger partial charge in [0.15, 0.2) is 11.6 Å². The summed E-state index contributed by atoms with van der Waals surface area (Å²) in [4.78, 5) is 7.85. The number of rotatable bonds is 3. The molecular formula is C11H7Br2F2N3O. The van der Waals surface area contributed by atoms with Crippen molar-refractivity contribution in [2.45, 2.75) is 0 Å². The summed E-state index contributed by atoms with van der Waals surface area (Å²) in [6, 6.07) is 2.28. The number of halogens is 4. The van der Waals surface area contributed by atoms with Crippen LogP contribution >= 0.6 is 31.9 Å². The second-order valence-electron chi connectivity index (χ2n) is 3.42. The Hall–Kier alpha value is -1.28. The zero-order valence-electron chi connectivity index (χ0n) is 9.55. The highest BCUT2D eigenvalue weighted by Gasteiger charge is 2.13. The Balaban J connectivity index is 2.36. The van der Waals surface area contributed by atoms with Gasteiger partial charge in [-0.1, -0.05) is 15.9 Å². The van der Waals surface area contributed by atoms with Crippen molar-refractivity contribution in [3.05, 3.63) is 38.9 Å². The van der Waals surface area contributed by atoms with Gasteiger partial charge >= 0.3 is 0 Å². The molecule has 1 heterocycles. The second kappa shape index (κ2) is 5.79. The van der Waals surface area contributed by atoms with Crippen LogP contribution in [-0.4, -0.2) is 17.1 Å². The molecule has 2 rings (SSSR count).